The number of esters is 1. The maximum absolute atomic E-state index is 11.7. The van der Waals surface area contributed by atoms with E-state index in [4.69, 9.17) is 24.1 Å². The number of carbonyl (C=O) groups excluding carboxylic acids is 1. The van der Waals surface area contributed by atoms with Gasteiger partial charge in [-0.1, -0.05) is 0 Å². The molecule has 0 fully saturated rings. The van der Waals surface area contributed by atoms with Gasteiger partial charge in [-0.15, -0.1) is 0 Å². The summed E-state index contributed by atoms with van der Waals surface area (Å²) in [5.74, 6) is 0.572. The van der Waals surface area contributed by atoms with Gasteiger partial charge in [0.15, 0.2) is 11.5 Å². The molecule has 1 N–H and O–H groups in total. The summed E-state index contributed by atoms with van der Waals surface area (Å²) < 4.78 is 20.2. The Bertz CT molecular complexity index is 390. The van der Waals surface area contributed by atoms with E-state index >= 15 is 0 Å². The highest BCUT2D eigenvalue weighted by atomic mass is 16.5. The van der Waals surface area contributed by atoms with Gasteiger partial charge in [-0.3, -0.25) is 0 Å². The molecule has 100 valence electrons. The summed E-state index contributed by atoms with van der Waals surface area (Å²) >= 11 is 0. The molecule has 0 spiro atoms. The van der Waals surface area contributed by atoms with Gasteiger partial charge in [-0.05, 0) is 12.1 Å². The lowest BCUT2D eigenvalue weighted by Crippen LogP contribution is -2.09. The van der Waals surface area contributed by atoms with Crippen molar-refractivity contribution in [1.29, 1.82) is 0 Å². The third-order valence-electron chi connectivity index (χ3n) is 2.22. The van der Waals surface area contributed by atoms with E-state index in [1.165, 1.54) is 33.5 Å². The second-order valence-corrected chi connectivity index (χ2v) is 3.27. The molecule has 1 aromatic rings. The number of aliphatic hydroxyl groups is 1. The van der Waals surface area contributed by atoms with Crippen molar-refractivity contribution in [3.05, 3.63) is 17.7 Å². The second-order valence-electron chi connectivity index (χ2n) is 3.27. The molecule has 6 heteroatoms. The molecule has 0 aliphatic rings. The van der Waals surface area contributed by atoms with Crippen LogP contribution in [0.1, 0.15) is 10.4 Å². The number of hydrogen-bond acceptors (Lipinski definition) is 6. The van der Waals surface area contributed by atoms with Crippen molar-refractivity contribution in [2.75, 3.05) is 34.5 Å². The van der Waals surface area contributed by atoms with Crippen LogP contribution in [-0.4, -0.2) is 45.6 Å². The topological polar surface area (TPSA) is 74.2 Å². The van der Waals surface area contributed by atoms with E-state index < -0.39 is 5.97 Å². The van der Waals surface area contributed by atoms with Crippen molar-refractivity contribution in [3.63, 3.8) is 0 Å². The summed E-state index contributed by atoms with van der Waals surface area (Å²) in [5, 5.41) is 8.60. The Balaban J connectivity index is 3.10. The molecule has 0 aliphatic heterocycles. The molecule has 6 nitrogen and oxygen atoms in total. The van der Waals surface area contributed by atoms with E-state index in [2.05, 4.69) is 0 Å². The average Bonchev–Trinajstić information content (AvgIpc) is 2.42. The van der Waals surface area contributed by atoms with Gasteiger partial charge in [0.1, 0.15) is 6.61 Å². The Morgan fingerprint density at radius 1 is 1.11 bits per heavy atom. The standard InChI is InChI=1S/C12H16O6/c1-15-9-6-8(12(14)18-5-4-13)7-10(16-2)11(9)17-3/h6-7,13H,4-5H2,1-3H3. The van der Waals surface area contributed by atoms with Gasteiger partial charge in [0.25, 0.3) is 0 Å². The quantitative estimate of drug-likeness (QED) is 0.761. The third kappa shape index (κ3) is 3.04. The van der Waals surface area contributed by atoms with Crippen LogP contribution in [0.15, 0.2) is 12.1 Å². The molecule has 0 aliphatic carbocycles. The van der Waals surface area contributed by atoms with Crippen LogP contribution in [0.5, 0.6) is 17.2 Å². The van der Waals surface area contributed by atoms with Gasteiger partial charge in [0.2, 0.25) is 5.75 Å². The summed E-state index contributed by atoms with van der Waals surface area (Å²) in [4.78, 5) is 11.7. The number of methoxy groups -OCH3 is 3. The summed E-state index contributed by atoms with van der Waals surface area (Å²) in [6.45, 7) is -0.286. The number of rotatable bonds is 6. The summed E-state index contributed by atoms with van der Waals surface area (Å²) in [6, 6.07) is 2.97. The van der Waals surface area contributed by atoms with Crippen LogP contribution < -0.4 is 14.2 Å². The molecule has 0 radical (unpaired) electrons. The first-order chi connectivity index (χ1) is 8.67. The maximum Gasteiger partial charge on any atom is 0.338 e. The molecule has 1 rings (SSSR count). The lowest BCUT2D eigenvalue weighted by atomic mass is 10.2. The normalized spacial score (nSPS) is 9.78. The molecular formula is C12H16O6. The molecule has 0 heterocycles. The van der Waals surface area contributed by atoms with E-state index in [0.717, 1.165) is 0 Å². The van der Waals surface area contributed by atoms with Crippen molar-refractivity contribution in [2.24, 2.45) is 0 Å². The SMILES string of the molecule is COc1cc(C(=O)OCCO)cc(OC)c1OC. The zero-order valence-electron chi connectivity index (χ0n) is 10.6. The van der Waals surface area contributed by atoms with Crippen LogP contribution in [0.4, 0.5) is 0 Å². The van der Waals surface area contributed by atoms with Gasteiger partial charge in [-0.2, -0.15) is 0 Å². The molecular weight excluding hydrogens is 240 g/mol. The van der Waals surface area contributed by atoms with Gasteiger partial charge < -0.3 is 24.1 Å². The van der Waals surface area contributed by atoms with E-state index in [9.17, 15) is 4.79 Å². The zero-order valence-corrected chi connectivity index (χ0v) is 10.6. The smallest absolute Gasteiger partial charge is 0.338 e. The minimum absolute atomic E-state index is 0.0600. The molecule has 0 atom stereocenters. The Morgan fingerprint density at radius 2 is 1.67 bits per heavy atom. The zero-order chi connectivity index (χ0) is 13.5. The molecule has 0 unspecified atom stereocenters. The molecule has 1 aromatic carbocycles. The fourth-order valence-electron chi connectivity index (χ4n) is 1.42. The van der Waals surface area contributed by atoms with E-state index in [-0.39, 0.29) is 18.8 Å². The largest absolute Gasteiger partial charge is 0.493 e. The minimum Gasteiger partial charge on any atom is -0.493 e. The third-order valence-corrected chi connectivity index (χ3v) is 2.22. The lowest BCUT2D eigenvalue weighted by molar-refractivity contribution is 0.0433. The number of ether oxygens (including phenoxy) is 4. The number of carbonyl (C=O) groups is 1. The van der Waals surface area contributed by atoms with Gasteiger partial charge in [-0.25, -0.2) is 4.79 Å². The van der Waals surface area contributed by atoms with Gasteiger partial charge >= 0.3 is 5.97 Å². The van der Waals surface area contributed by atoms with Crippen molar-refractivity contribution >= 4 is 5.97 Å². The monoisotopic (exact) mass is 256 g/mol. The van der Waals surface area contributed by atoms with E-state index in [1.807, 2.05) is 0 Å². The Kier molecular flexibility index (Phi) is 5.26. The molecule has 18 heavy (non-hydrogen) atoms. The van der Waals surface area contributed by atoms with Crippen molar-refractivity contribution in [3.8, 4) is 17.2 Å². The summed E-state index contributed by atoms with van der Waals surface area (Å²) in [5.41, 5.74) is 0.262. The van der Waals surface area contributed by atoms with Crippen LogP contribution in [-0.2, 0) is 4.74 Å². The predicted molar refractivity (Wildman–Crippen MR) is 63.5 cm³/mol. The maximum atomic E-state index is 11.7. The summed E-state index contributed by atoms with van der Waals surface area (Å²) in [6.07, 6.45) is 0. The molecule has 0 aromatic heterocycles. The lowest BCUT2D eigenvalue weighted by Gasteiger charge is -2.13. The first-order valence-corrected chi connectivity index (χ1v) is 5.25. The molecule has 0 amide bonds. The fourth-order valence-corrected chi connectivity index (χ4v) is 1.42. The highest BCUT2D eigenvalue weighted by Gasteiger charge is 2.17. The van der Waals surface area contributed by atoms with Crippen LogP contribution in [0.25, 0.3) is 0 Å². The van der Waals surface area contributed by atoms with Crippen LogP contribution in [0, 0.1) is 0 Å². The van der Waals surface area contributed by atoms with Gasteiger partial charge in [0, 0.05) is 0 Å². The highest BCUT2D eigenvalue weighted by molar-refractivity contribution is 5.91. The van der Waals surface area contributed by atoms with Gasteiger partial charge in [0.05, 0.1) is 33.5 Å². The second kappa shape index (κ2) is 6.70. The Hall–Kier alpha value is -1.95. The summed E-state index contributed by atoms with van der Waals surface area (Å²) in [7, 11) is 4.39. The minimum atomic E-state index is -0.566. The average molecular weight is 256 g/mol. The first kappa shape index (κ1) is 14.1. The molecule has 0 bridgehead atoms. The number of aliphatic hydroxyl groups excluding tert-OH is 1. The van der Waals surface area contributed by atoms with Crippen LogP contribution in [0.2, 0.25) is 0 Å². The van der Waals surface area contributed by atoms with Crippen molar-refractivity contribution in [1.82, 2.24) is 0 Å². The Labute approximate surface area is 105 Å². The number of hydrogen-bond donors (Lipinski definition) is 1. The first-order valence-electron chi connectivity index (χ1n) is 5.25. The predicted octanol–water partition coefficient (Wildman–Crippen LogP) is 0.861. The van der Waals surface area contributed by atoms with Crippen molar-refractivity contribution < 1.29 is 28.8 Å². The molecule has 0 saturated heterocycles. The van der Waals surface area contributed by atoms with E-state index in [0.29, 0.717) is 17.2 Å². The highest BCUT2D eigenvalue weighted by Crippen LogP contribution is 2.38. The Morgan fingerprint density at radius 3 is 2.06 bits per heavy atom. The number of benzene rings is 1. The fraction of sp³-hybridized carbons (Fsp3) is 0.417. The van der Waals surface area contributed by atoms with Crippen molar-refractivity contribution in [2.45, 2.75) is 0 Å². The molecule has 0 saturated carbocycles. The van der Waals surface area contributed by atoms with E-state index in [1.54, 1.807) is 0 Å². The van der Waals surface area contributed by atoms with Crippen LogP contribution in [0.3, 0.4) is 0 Å². The van der Waals surface area contributed by atoms with Crippen LogP contribution >= 0.6 is 0 Å².